The molecule has 25 heavy (non-hydrogen) atoms. The average Bonchev–Trinajstić information content (AvgIpc) is 3.14. The van der Waals surface area contributed by atoms with Gasteiger partial charge in [-0.2, -0.15) is 5.10 Å². The minimum absolute atomic E-state index is 0.00952. The number of nitrogens with zero attached hydrogens (tertiary/aromatic N) is 2. The van der Waals surface area contributed by atoms with Crippen molar-refractivity contribution >= 4 is 6.03 Å². The van der Waals surface area contributed by atoms with Crippen molar-refractivity contribution in [1.82, 2.24) is 20.4 Å². The van der Waals surface area contributed by atoms with E-state index in [1.54, 1.807) is 6.20 Å². The smallest absolute Gasteiger partial charge is 0.317 e. The SMILES string of the molecule is Cc1cc(CCNC(=O)N2CCC(c3ccn[nH]3)CC2)cc(C)c1O. The van der Waals surface area contributed by atoms with Gasteiger partial charge in [-0.1, -0.05) is 12.1 Å². The van der Waals surface area contributed by atoms with Crippen LogP contribution in [-0.2, 0) is 6.42 Å². The molecule has 2 amide bonds. The first-order valence-corrected chi connectivity index (χ1v) is 8.85. The van der Waals surface area contributed by atoms with Crippen LogP contribution in [0.1, 0.15) is 41.1 Å². The predicted molar refractivity (Wildman–Crippen MR) is 96.8 cm³/mol. The van der Waals surface area contributed by atoms with Crippen LogP contribution >= 0.6 is 0 Å². The molecular weight excluding hydrogens is 316 g/mol. The topological polar surface area (TPSA) is 81.2 Å². The van der Waals surface area contributed by atoms with E-state index in [0.29, 0.717) is 18.2 Å². The molecule has 0 atom stereocenters. The molecule has 0 bridgehead atoms. The zero-order valence-corrected chi connectivity index (χ0v) is 14.9. The second-order valence-electron chi connectivity index (χ2n) is 6.83. The van der Waals surface area contributed by atoms with Crippen molar-refractivity contribution in [3.05, 3.63) is 46.8 Å². The van der Waals surface area contributed by atoms with Crippen LogP contribution in [-0.4, -0.2) is 45.9 Å². The fourth-order valence-electron chi connectivity index (χ4n) is 3.50. The van der Waals surface area contributed by atoms with Gasteiger partial charge in [0.05, 0.1) is 0 Å². The lowest BCUT2D eigenvalue weighted by Gasteiger charge is -2.31. The number of piperidine rings is 1. The number of rotatable bonds is 4. The van der Waals surface area contributed by atoms with Crippen molar-refractivity contribution in [2.24, 2.45) is 0 Å². The highest BCUT2D eigenvalue weighted by molar-refractivity contribution is 5.74. The van der Waals surface area contributed by atoms with Gasteiger partial charge >= 0.3 is 6.03 Å². The summed E-state index contributed by atoms with van der Waals surface area (Å²) in [5, 5.41) is 19.9. The summed E-state index contributed by atoms with van der Waals surface area (Å²) >= 11 is 0. The first-order valence-electron chi connectivity index (χ1n) is 8.85. The number of H-pyrrole nitrogens is 1. The average molecular weight is 342 g/mol. The largest absolute Gasteiger partial charge is 0.507 e. The number of aromatic amines is 1. The summed E-state index contributed by atoms with van der Waals surface area (Å²) in [5.74, 6) is 0.822. The van der Waals surface area contributed by atoms with E-state index in [-0.39, 0.29) is 6.03 Å². The zero-order chi connectivity index (χ0) is 17.8. The number of aromatic hydroxyl groups is 1. The number of phenols is 1. The first-order chi connectivity index (χ1) is 12.0. The molecule has 6 heteroatoms. The number of hydrogen-bond acceptors (Lipinski definition) is 3. The second kappa shape index (κ2) is 7.59. The summed E-state index contributed by atoms with van der Waals surface area (Å²) in [4.78, 5) is 14.2. The normalized spacial score (nSPS) is 15.4. The lowest BCUT2D eigenvalue weighted by Crippen LogP contribution is -2.44. The number of likely N-dealkylation sites (tertiary alicyclic amines) is 1. The quantitative estimate of drug-likeness (QED) is 0.799. The fraction of sp³-hybridized carbons (Fsp3) is 0.474. The molecule has 1 fully saturated rings. The maximum absolute atomic E-state index is 12.3. The van der Waals surface area contributed by atoms with Gasteiger partial charge in [0.15, 0.2) is 0 Å². The summed E-state index contributed by atoms with van der Waals surface area (Å²) in [5.41, 5.74) is 4.05. The Kier molecular flexibility index (Phi) is 5.26. The molecule has 0 radical (unpaired) electrons. The molecule has 1 aromatic carbocycles. The number of urea groups is 1. The van der Waals surface area contributed by atoms with E-state index in [4.69, 9.17) is 0 Å². The summed E-state index contributed by atoms with van der Waals surface area (Å²) in [7, 11) is 0. The molecule has 1 aromatic heterocycles. The molecule has 1 saturated heterocycles. The van der Waals surface area contributed by atoms with Gasteiger partial charge < -0.3 is 15.3 Å². The third-order valence-electron chi connectivity index (χ3n) is 4.99. The van der Waals surface area contributed by atoms with Crippen LogP contribution in [0.2, 0.25) is 0 Å². The Morgan fingerprint density at radius 2 is 2.00 bits per heavy atom. The lowest BCUT2D eigenvalue weighted by molar-refractivity contribution is 0.181. The van der Waals surface area contributed by atoms with Crippen LogP contribution in [0.15, 0.2) is 24.4 Å². The number of phenolic OH excluding ortho intramolecular Hbond substituents is 1. The Hall–Kier alpha value is -2.50. The van der Waals surface area contributed by atoms with Crippen LogP contribution in [0.4, 0.5) is 4.79 Å². The molecule has 2 heterocycles. The van der Waals surface area contributed by atoms with E-state index in [0.717, 1.165) is 54.7 Å². The molecule has 3 rings (SSSR count). The first kappa shape index (κ1) is 17.3. The van der Waals surface area contributed by atoms with E-state index in [9.17, 15) is 9.90 Å². The van der Waals surface area contributed by atoms with Crippen LogP contribution < -0.4 is 5.32 Å². The molecule has 0 unspecified atom stereocenters. The molecule has 2 aromatic rings. The van der Waals surface area contributed by atoms with Gasteiger partial charge in [-0.15, -0.1) is 0 Å². The van der Waals surface area contributed by atoms with Crippen molar-refractivity contribution in [2.45, 2.75) is 39.0 Å². The van der Waals surface area contributed by atoms with Crippen LogP contribution in [0, 0.1) is 13.8 Å². The number of carbonyl (C=O) groups is 1. The van der Waals surface area contributed by atoms with Crippen LogP contribution in [0.3, 0.4) is 0 Å². The van der Waals surface area contributed by atoms with Gasteiger partial charge in [-0.05, 0) is 55.9 Å². The van der Waals surface area contributed by atoms with Gasteiger partial charge in [0, 0.05) is 37.4 Å². The van der Waals surface area contributed by atoms with Gasteiger partial charge in [0.25, 0.3) is 0 Å². The summed E-state index contributed by atoms with van der Waals surface area (Å²) in [6.07, 6.45) is 4.47. The molecule has 0 saturated carbocycles. The highest BCUT2D eigenvalue weighted by Crippen LogP contribution is 2.26. The van der Waals surface area contributed by atoms with Crippen molar-refractivity contribution in [3.63, 3.8) is 0 Å². The van der Waals surface area contributed by atoms with Gasteiger partial charge in [0.1, 0.15) is 5.75 Å². The summed E-state index contributed by atoms with van der Waals surface area (Å²) < 4.78 is 0. The minimum atomic E-state index is 0.00952. The van der Waals surface area contributed by atoms with Gasteiger partial charge in [0.2, 0.25) is 0 Å². The molecule has 3 N–H and O–H groups in total. The maximum atomic E-state index is 12.3. The van der Waals surface area contributed by atoms with E-state index < -0.39 is 0 Å². The van der Waals surface area contributed by atoms with E-state index >= 15 is 0 Å². The van der Waals surface area contributed by atoms with Gasteiger partial charge in [-0.25, -0.2) is 4.79 Å². The molecule has 1 aliphatic rings. The number of aryl methyl sites for hydroxylation is 2. The van der Waals surface area contributed by atoms with Crippen molar-refractivity contribution in [2.75, 3.05) is 19.6 Å². The Balaban J connectivity index is 1.44. The van der Waals surface area contributed by atoms with Gasteiger partial charge in [-0.3, -0.25) is 5.10 Å². The van der Waals surface area contributed by atoms with Crippen LogP contribution in [0.25, 0.3) is 0 Å². The number of amides is 2. The highest BCUT2D eigenvalue weighted by atomic mass is 16.3. The molecule has 0 aliphatic carbocycles. The van der Waals surface area contributed by atoms with E-state index in [2.05, 4.69) is 15.5 Å². The Labute approximate surface area is 148 Å². The molecular formula is C19H26N4O2. The molecule has 6 nitrogen and oxygen atoms in total. The van der Waals surface area contributed by atoms with Crippen molar-refractivity contribution < 1.29 is 9.90 Å². The van der Waals surface area contributed by atoms with Crippen molar-refractivity contribution in [3.8, 4) is 5.75 Å². The summed E-state index contributed by atoms with van der Waals surface area (Å²) in [6, 6.07) is 5.98. The number of aromatic nitrogens is 2. The van der Waals surface area contributed by atoms with Crippen molar-refractivity contribution in [1.29, 1.82) is 0 Å². The molecule has 0 spiro atoms. The Morgan fingerprint density at radius 1 is 1.32 bits per heavy atom. The Morgan fingerprint density at radius 3 is 2.60 bits per heavy atom. The number of carbonyl (C=O) groups excluding carboxylic acids is 1. The molecule has 1 aliphatic heterocycles. The molecule has 134 valence electrons. The second-order valence-corrected chi connectivity index (χ2v) is 6.83. The number of benzene rings is 1. The minimum Gasteiger partial charge on any atom is -0.507 e. The van der Waals surface area contributed by atoms with E-state index in [1.165, 1.54) is 0 Å². The Bertz CT molecular complexity index is 696. The maximum Gasteiger partial charge on any atom is 0.317 e. The number of hydrogen-bond donors (Lipinski definition) is 3. The van der Waals surface area contributed by atoms with E-state index in [1.807, 2.05) is 36.9 Å². The predicted octanol–water partition coefficient (Wildman–Crippen LogP) is 2.86. The standard InChI is InChI=1S/C19H26N4O2/c1-13-11-15(12-14(2)18(13)24)3-7-20-19(25)23-9-5-16(6-10-23)17-4-8-21-22-17/h4,8,11-12,16,24H,3,5-7,9-10H2,1-2H3,(H,20,25)(H,21,22). The monoisotopic (exact) mass is 342 g/mol. The summed E-state index contributed by atoms with van der Waals surface area (Å²) in [6.45, 7) is 5.94. The zero-order valence-electron chi connectivity index (χ0n) is 14.9. The highest BCUT2D eigenvalue weighted by Gasteiger charge is 2.24. The third-order valence-corrected chi connectivity index (χ3v) is 4.99. The lowest BCUT2D eigenvalue weighted by atomic mass is 9.94. The third kappa shape index (κ3) is 4.13. The fourth-order valence-corrected chi connectivity index (χ4v) is 3.50. The number of nitrogens with one attached hydrogen (secondary N) is 2. The van der Waals surface area contributed by atoms with Crippen LogP contribution in [0.5, 0.6) is 5.75 Å².